The van der Waals surface area contributed by atoms with Gasteiger partial charge in [0.2, 0.25) is 0 Å². The van der Waals surface area contributed by atoms with E-state index in [2.05, 4.69) is 11.0 Å². The predicted octanol–water partition coefficient (Wildman–Crippen LogP) is 3.97. The quantitative estimate of drug-likeness (QED) is 0.443. The lowest BCUT2D eigenvalue weighted by Gasteiger charge is -2.36. The van der Waals surface area contributed by atoms with Gasteiger partial charge in [0.15, 0.2) is 0 Å². The fraction of sp³-hybridized carbons (Fsp3) is 0.214. The van der Waals surface area contributed by atoms with E-state index in [9.17, 15) is 9.59 Å². The minimum atomic E-state index is -0.162. The Kier molecular flexibility index (Phi) is 6.14. The molecule has 0 atom stereocenters. The Morgan fingerprint density at radius 2 is 1.43 bits per heavy atom. The van der Waals surface area contributed by atoms with Crippen molar-refractivity contribution in [1.29, 1.82) is 0 Å². The van der Waals surface area contributed by atoms with Crippen LogP contribution in [0, 0.1) is 0 Å². The standard InChI is InChI=1S/C28H27N3O4/c1-34-22-12-10-20(11-13-22)31-19-26(24-8-3-4-9-25(24)28(31)33)27(32)30-16-14-29(15-17-30)21-6-5-7-23(18-21)35-2/h3-13,18-19H,14-17H2,1-2H3. The van der Waals surface area contributed by atoms with Gasteiger partial charge in [-0.2, -0.15) is 0 Å². The molecule has 7 heteroatoms. The Labute approximate surface area is 203 Å². The van der Waals surface area contributed by atoms with Gasteiger partial charge in [0, 0.05) is 60.6 Å². The molecule has 1 aliphatic rings. The summed E-state index contributed by atoms with van der Waals surface area (Å²) in [5, 5.41) is 1.19. The van der Waals surface area contributed by atoms with Crippen LogP contribution in [0.4, 0.5) is 5.69 Å². The fourth-order valence-electron chi connectivity index (χ4n) is 4.54. The lowest BCUT2D eigenvalue weighted by atomic mass is 10.1. The molecule has 4 aromatic rings. The highest BCUT2D eigenvalue weighted by atomic mass is 16.5. The zero-order valence-corrected chi connectivity index (χ0v) is 19.8. The van der Waals surface area contributed by atoms with Gasteiger partial charge in [-0.15, -0.1) is 0 Å². The molecule has 1 saturated heterocycles. The number of amides is 1. The molecule has 1 aliphatic heterocycles. The van der Waals surface area contributed by atoms with Gasteiger partial charge in [-0.3, -0.25) is 14.2 Å². The molecule has 35 heavy (non-hydrogen) atoms. The Morgan fingerprint density at radius 3 is 2.11 bits per heavy atom. The minimum absolute atomic E-state index is 0.0752. The number of carbonyl (C=O) groups excluding carboxylic acids is 1. The topological polar surface area (TPSA) is 64.0 Å². The zero-order chi connectivity index (χ0) is 24.4. The van der Waals surface area contributed by atoms with Gasteiger partial charge in [0.1, 0.15) is 11.5 Å². The second-order valence-electron chi connectivity index (χ2n) is 8.44. The van der Waals surface area contributed by atoms with Crippen LogP contribution >= 0.6 is 0 Å². The summed E-state index contributed by atoms with van der Waals surface area (Å²) in [4.78, 5) is 31.1. The van der Waals surface area contributed by atoms with E-state index < -0.39 is 0 Å². The Bertz CT molecular complexity index is 1420. The van der Waals surface area contributed by atoms with Crippen molar-refractivity contribution < 1.29 is 14.3 Å². The highest BCUT2D eigenvalue weighted by Gasteiger charge is 2.25. The molecule has 0 aliphatic carbocycles. The number of methoxy groups -OCH3 is 2. The van der Waals surface area contributed by atoms with E-state index in [-0.39, 0.29) is 11.5 Å². The van der Waals surface area contributed by atoms with Crippen LogP contribution in [0.15, 0.2) is 83.8 Å². The summed E-state index contributed by atoms with van der Waals surface area (Å²) in [6.07, 6.45) is 1.67. The third kappa shape index (κ3) is 4.33. The van der Waals surface area contributed by atoms with E-state index >= 15 is 0 Å². The van der Waals surface area contributed by atoms with Crippen molar-refractivity contribution in [2.45, 2.75) is 0 Å². The highest BCUT2D eigenvalue weighted by molar-refractivity contribution is 6.06. The number of carbonyl (C=O) groups is 1. The van der Waals surface area contributed by atoms with Crippen molar-refractivity contribution in [3.8, 4) is 17.2 Å². The van der Waals surface area contributed by atoms with E-state index in [4.69, 9.17) is 9.47 Å². The van der Waals surface area contributed by atoms with E-state index in [1.54, 1.807) is 43.2 Å². The molecule has 2 heterocycles. The average Bonchev–Trinajstić information content (AvgIpc) is 2.93. The average molecular weight is 470 g/mol. The number of fused-ring (bicyclic) bond motifs is 1. The van der Waals surface area contributed by atoms with E-state index in [1.807, 2.05) is 53.4 Å². The number of rotatable bonds is 5. The second kappa shape index (κ2) is 9.54. The van der Waals surface area contributed by atoms with Gasteiger partial charge in [-0.25, -0.2) is 0 Å². The third-order valence-corrected chi connectivity index (χ3v) is 6.49. The Hall–Kier alpha value is -4.26. The summed E-state index contributed by atoms with van der Waals surface area (Å²) in [6.45, 7) is 2.61. The number of aromatic nitrogens is 1. The maximum atomic E-state index is 13.7. The Morgan fingerprint density at radius 1 is 0.743 bits per heavy atom. The number of hydrogen-bond acceptors (Lipinski definition) is 5. The normalized spacial score (nSPS) is 13.7. The number of nitrogens with zero attached hydrogens (tertiary/aromatic N) is 3. The summed E-state index contributed by atoms with van der Waals surface area (Å²) < 4.78 is 12.1. The first kappa shape index (κ1) is 22.5. The lowest BCUT2D eigenvalue weighted by Crippen LogP contribution is -2.49. The zero-order valence-electron chi connectivity index (χ0n) is 19.8. The molecule has 7 nitrogen and oxygen atoms in total. The van der Waals surface area contributed by atoms with E-state index in [1.165, 1.54) is 0 Å². The third-order valence-electron chi connectivity index (χ3n) is 6.49. The van der Waals surface area contributed by atoms with Gasteiger partial charge in [0.25, 0.3) is 11.5 Å². The molecule has 0 N–H and O–H groups in total. The maximum absolute atomic E-state index is 13.7. The first-order valence-corrected chi connectivity index (χ1v) is 11.6. The van der Waals surface area contributed by atoms with Crippen LogP contribution in [0.3, 0.4) is 0 Å². The molecule has 0 bridgehead atoms. The SMILES string of the molecule is COc1ccc(-n2cc(C(=O)N3CCN(c4cccc(OC)c4)CC3)c3ccccc3c2=O)cc1. The lowest BCUT2D eigenvalue weighted by molar-refractivity contribution is 0.0748. The number of ether oxygens (including phenoxy) is 2. The van der Waals surface area contributed by atoms with Crippen molar-refractivity contribution in [2.75, 3.05) is 45.3 Å². The number of pyridine rings is 1. The molecule has 0 saturated carbocycles. The van der Waals surface area contributed by atoms with Crippen molar-refractivity contribution in [2.24, 2.45) is 0 Å². The van der Waals surface area contributed by atoms with Crippen molar-refractivity contribution in [1.82, 2.24) is 9.47 Å². The largest absolute Gasteiger partial charge is 0.497 e. The second-order valence-corrected chi connectivity index (χ2v) is 8.44. The Balaban J connectivity index is 1.45. The van der Waals surface area contributed by atoms with E-state index in [0.717, 1.165) is 24.5 Å². The van der Waals surface area contributed by atoms with Gasteiger partial charge < -0.3 is 19.3 Å². The maximum Gasteiger partial charge on any atom is 0.262 e. The van der Waals surface area contributed by atoms with Crippen molar-refractivity contribution in [3.05, 3.63) is 94.9 Å². The van der Waals surface area contributed by atoms with Crippen molar-refractivity contribution in [3.63, 3.8) is 0 Å². The van der Waals surface area contributed by atoms with Crippen LogP contribution < -0.4 is 19.9 Å². The van der Waals surface area contributed by atoms with Gasteiger partial charge in [0.05, 0.1) is 19.8 Å². The molecule has 3 aromatic carbocycles. The molecule has 5 rings (SSSR count). The van der Waals surface area contributed by atoms with Gasteiger partial charge in [-0.05, 0) is 42.5 Å². The van der Waals surface area contributed by atoms with Crippen LogP contribution in [0.2, 0.25) is 0 Å². The molecule has 0 radical (unpaired) electrons. The van der Waals surface area contributed by atoms with Gasteiger partial charge in [-0.1, -0.05) is 24.3 Å². The molecule has 0 spiro atoms. The summed E-state index contributed by atoms with van der Waals surface area (Å²) in [7, 11) is 3.26. The number of hydrogen-bond donors (Lipinski definition) is 0. The predicted molar refractivity (Wildman–Crippen MR) is 137 cm³/mol. The summed E-state index contributed by atoms with van der Waals surface area (Å²) in [6, 6.07) is 22.5. The van der Waals surface area contributed by atoms with Crippen LogP contribution in [0.1, 0.15) is 10.4 Å². The number of anilines is 1. The summed E-state index contributed by atoms with van der Waals surface area (Å²) in [5.41, 5.74) is 2.12. The summed E-state index contributed by atoms with van der Waals surface area (Å²) >= 11 is 0. The molecule has 1 amide bonds. The molecule has 1 aromatic heterocycles. The smallest absolute Gasteiger partial charge is 0.262 e. The first-order valence-electron chi connectivity index (χ1n) is 11.6. The molecule has 0 unspecified atom stereocenters. The first-order chi connectivity index (χ1) is 17.1. The highest BCUT2D eigenvalue weighted by Crippen LogP contribution is 2.24. The van der Waals surface area contributed by atoms with Crippen molar-refractivity contribution >= 4 is 22.4 Å². The van der Waals surface area contributed by atoms with Crippen LogP contribution in [0.5, 0.6) is 11.5 Å². The molecular weight excluding hydrogens is 442 g/mol. The van der Waals surface area contributed by atoms with Crippen LogP contribution in [-0.2, 0) is 0 Å². The van der Waals surface area contributed by atoms with Gasteiger partial charge >= 0.3 is 0 Å². The van der Waals surface area contributed by atoms with E-state index in [0.29, 0.717) is 40.9 Å². The molecule has 1 fully saturated rings. The van der Waals surface area contributed by atoms with Crippen LogP contribution in [0.25, 0.3) is 16.5 Å². The number of benzene rings is 3. The minimum Gasteiger partial charge on any atom is -0.497 e. The molecular formula is C28H27N3O4. The molecule has 178 valence electrons. The number of piperazine rings is 1. The monoisotopic (exact) mass is 469 g/mol. The van der Waals surface area contributed by atoms with Crippen LogP contribution in [-0.4, -0.2) is 55.8 Å². The summed E-state index contributed by atoms with van der Waals surface area (Å²) in [5.74, 6) is 1.44. The fourth-order valence-corrected chi connectivity index (χ4v) is 4.54.